The number of anilines is 1. The molecule has 2 heterocycles. The largest absolute Gasteiger partial charge is 0.322 e. The summed E-state index contributed by atoms with van der Waals surface area (Å²) >= 11 is 5.82. The first-order valence-electron chi connectivity index (χ1n) is 9.60. The minimum Gasteiger partial charge on any atom is -0.322 e. The monoisotopic (exact) mass is 470 g/mol. The summed E-state index contributed by atoms with van der Waals surface area (Å²) in [6, 6.07) is 7.81. The topological polar surface area (TPSA) is 79.2 Å². The molecule has 0 unspecified atom stereocenters. The van der Waals surface area contributed by atoms with Crippen LogP contribution in [0.1, 0.15) is 6.42 Å². The van der Waals surface area contributed by atoms with E-state index >= 15 is 0 Å². The number of rotatable bonds is 4. The van der Waals surface area contributed by atoms with E-state index in [0.29, 0.717) is 24.2 Å². The zero-order chi connectivity index (χ0) is 22.3. The first kappa shape index (κ1) is 21.8. The molecule has 0 bridgehead atoms. The third kappa shape index (κ3) is 4.08. The minimum absolute atomic E-state index is 0.116. The summed E-state index contributed by atoms with van der Waals surface area (Å²) in [5.74, 6) is -2.93. The van der Waals surface area contributed by atoms with Gasteiger partial charge in [-0.05, 0) is 36.4 Å². The van der Waals surface area contributed by atoms with Gasteiger partial charge in [-0.2, -0.15) is 4.31 Å². The molecule has 11 heteroatoms. The first-order chi connectivity index (χ1) is 14.7. The van der Waals surface area contributed by atoms with Gasteiger partial charge in [-0.3, -0.25) is 9.59 Å². The molecule has 0 aromatic heterocycles. The third-order valence-electron chi connectivity index (χ3n) is 5.61. The van der Waals surface area contributed by atoms with E-state index in [1.807, 2.05) is 0 Å². The molecule has 164 valence electrons. The quantitative estimate of drug-likeness (QED) is 0.672. The number of imide groups is 1. The molecule has 2 aromatic rings. The standard InChI is InChI=1S/C20H18ClF2N3O4S/c21-13-1-4-15(5-2-13)31(29,30)25-9-7-24(8-10-25)18-12-19(27)26(20(18)28)17-6-3-14(22)11-16(17)23/h1-6,11,18H,7-10,12H2/p+1/t18-/m1/s1. The Hall–Kier alpha value is -2.40. The average molecular weight is 471 g/mol. The lowest BCUT2D eigenvalue weighted by atomic mass is 10.2. The van der Waals surface area contributed by atoms with Gasteiger partial charge in [-0.25, -0.2) is 22.1 Å². The molecule has 7 nitrogen and oxygen atoms in total. The van der Waals surface area contributed by atoms with E-state index in [4.69, 9.17) is 11.6 Å². The van der Waals surface area contributed by atoms with Crippen molar-refractivity contribution < 1.29 is 31.7 Å². The fraction of sp³-hybridized carbons (Fsp3) is 0.300. The number of quaternary nitrogens is 1. The van der Waals surface area contributed by atoms with Crippen molar-refractivity contribution >= 4 is 39.1 Å². The van der Waals surface area contributed by atoms with Crippen molar-refractivity contribution in [1.82, 2.24) is 4.31 Å². The molecule has 0 aliphatic carbocycles. The van der Waals surface area contributed by atoms with Crippen LogP contribution in [0, 0.1) is 11.6 Å². The summed E-state index contributed by atoms with van der Waals surface area (Å²) in [4.78, 5) is 26.9. The van der Waals surface area contributed by atoms with Crippen LogP contribution in [0.25, 0.3) is 0 Å². The summed E-state index contributed by atoms with van der Waals surface area (Å²) < 4.78 is 54.3. The van der Waals surface area contributed by atoms with Gasteiger partial charge in [-0.1, -0.05) is 11.6 Å². The fourth-order valence-electron chi connectivity index (χ4n) is 3.98. The van der Waals surface area contributed by atoms with E-state index in [1.54, 1.807) is 0 Å². The Labute approximate surface area is 182 Å². The lowest BCUT2D eigenvalue weighted by Gasteiger charge is -2.33. The van der Waals surface area contributed by atoms with Crippen LogP contribution >= 0.6 is 11.6 Å². The second-order valence-corrected chi connectivity index (χ2v) is 9.81. The predicted octanol–water partition coefficient (Wildman–Crippen LogP) is 0.840. The van der Waals surface area contributed by atoms with Gasteiger partial charge in [0.05, 0.1) is 43.2 Å². The molecule has 2 amide bonds. The molecular weight excluding hydrogens is 452 g/mol. The molecular formula is C20H19ClF2N3O4S+. The highest BCUT2D eigenvalue weighted by Crippen LogP contribution is 2.26. The van der Waals surface area contributed by atoms with E-state index in [0.717, 1.165) is 21.9 Å². The van der Waals surface area contributed by atoms with Gasteiger partial charge in [0.25, 0.3) is 5.91 Å². The molecule has 0 radical (unpaired) electrons. The molecule has 2 aliphatic rings. The van der Waals surface area contributed by atoms with E-state index in [9.17, 15) is 26.8 Å². The molecule has 31 heavy (non-hydrogen) atoms. The van der Waals surface area contributed by atoms with Gasteiger partial charge in [0.2, 0.25) is 15.9 Å². The Morgan fingerprint density at radius 3 is 2.26 bits per heavy atom. The minimum atomic E-state index is -3.70. The van der Waals surface area contributed by atoms with Crippen molar-refractivity contribution in [2.75, 3.05) is 31.1 Å². The Morgan fingerprint density at radius 1 is 1.00 bits per heavy atom. The first-order valence-corrected chi connectivity index (χ1v) is 11.4. The molecule has 1 atom stereocenters. The summed E-state index contributed by atoms with van der Waals surface area (Å²) in [6.07, 6.45) is -0.116. The Kier molecular flexibility index (Phi) is 5.82. The SMILES string of the molecule is O=C1C[C@@H]([NH+]2CCN(S(=O)(=O)c3ccc(Cl)cc3)CC2)C(=O)N1c1ccc(F)cc1F. The van der Waals surface area contributed by atoms with Crippen LogP contribution in [0.2, 0.25) is 5.02 Å². The lowest BCUT2D eigenvalue weighted by Crippen LogP contribution is -3.19. The van der Waals surface area contributed by atoms with E-state index < -0.39 is 39.5 Å². The van der Waals surface area contributed by atoms with Gasteiger partial charge in [0.1, 0.15) is 11.6 Å². The van der Waals surface area contributed by atoms with Crippen molar-refractivity contribution in [2.45, 2.75) is 17.4 Å². The van der Waals surface area contributed by atoms with Gasteiger partial charge in [0, 0.05) is 11.1 Å². The average Bonchev–Trinajstić information content (AvgIpc) is 3.03. The number of carbonyl (C=O) groups excluding carboxylic acids is 2. The molecule has 0 spiro atoms. The van der Waals surface area contributed by atoms with E-state index in [-0.39, 0.29) is 30.1 Å². The van der Waals surface area contributed by atoms with Gasteiger partial charge in [0.15, 0.2) is 6.04 Å². The van der Waals surface area contributed by atoms with Crippen LogP contribution in [0.4, 0.5) is 14.5 Å². The number of nitrogens with zero attached hydrogens (tertiary/aromatic N) is 2. The molecule has 2 aromatic carbocycles. The second kappa shape index (κ2) is 8.27. The number of hydrogen-bond acceptors (Lipinski definition) is 4. The molecule has 0 saturated carbocycles. The maximum Gasteiger partial charge on any atom is 0.292 e. The maximum atomic E-state index is 14.1. The van der Waals surface area contributed by atoms with Crippen LogP contribution in [0.15, 0.2) is 47.4 Å². The van der Waals surface area contributed by atoms with Crippen molar-refractivity contribution in [3.05, 3.63) is 59.1 Å². The van der Waals surface area contributed by atoms with Crippen molar-refractivity contribution in [3.63, 3.8) is 0 Å². The van der Waals surface area contributed by atoms with Crippen molar-refractivity contribution in [3.8, 4) is 0 Å². The molecule has 2 saturated heterocycles. The highest BCUT2D eigenvalue weighted by atomic mass is 35.5. The summed E-state index contributed by atoms with van der Waals surface area (Å²) in [6.45, 7) is 0.971. The second-order valence-electron chi connectivity index (χ2n) is 7.44. The fourth-order valence-corrected chi connectivity index (χ4v) is 5.55. The van der Waals surface area contributed by atoms with Gasteiger partial charge >= 0.3 is 0 Å². The molecule has 2 fully saturated rings. The Balaban J connectivity index is 1.46. The number of sulfonamides is 1. The number of carbonyl (C=O) groups is 2. The van der Waals surface area contributed by atoms with Gasteiger partial charge in [-0.15, -0.1) is 0 Å². The van der Waals surface area contributed by atoms with Crippen molar-refractivity contribution in [1.29, 1.82) is 0 Å². The lowest BCUT2D eigenvalue weighted by molar-refractivity contribution is -0.918. The van der Waals surface area contributed by atoms with Crippen LogP contribution in [-0.4, -0.2) is 56.8 Å². The van der Waals surface area contributed by atoms with Gasteiger partial charge < -0.3 is 4.90 Å². The van der Waals surface area contributed by atoms with E-state index in [2.05, 4.69) is 0 Å². The number of amides is 2. The highest BCUT2D eigenvalue weighted by molar-refractivity contribution is 7.89. The number of benzene rings is 2. The molecule has 2 aliphatic heterocycles. The predicted molar refractivity (Wildman–Crippen MR) is 108 cm³/mol. The van der Waals surface area contributed by atoms with Crippen LogP contribution in [0.5, 0.6) is 0 Å². The number of piperazine rings is 1. The zero-order valence-electron chi connectivity index (χ0n) is 16.2. The normalized spacial score (nSPS) is 21.1. The summed E-state index contributed by atoms with van der Waals surface area (Å²) in [7, 11) is -3.70. The van der Waals surface area contributed by atoms with Crippen LogP contribution in [-0.2, 0) is 19.6 Å². The zero-order valence-corrected chi connectivity index (χ0v) is 17.8. The van der Waals surface area contributed by atoms with Crippen molar-refractivity contribution in [2.24, 2.45) is 0 Å². The smallest absolute Gasteiger partial charge is 0.292 e. The van der Waals surface area contributed by atoms with Crippen LogP contribution < -0.4 is 9.80 Å². The molecule has 4 rings (SSSR count). The highest BCUT2D eigenvalue weighted by Gasteiger charge is 2.47. The third-order valence-corrected chi connectivity index (χ3v) is 7.77. The Morgan fingerprint density at radius 2 is 1.65 bits per heavy atom. The summed E-state index contributed by atoms with van der Waals surface area (Å²) in [5, 5.41) is 0.430. The number of halogens is 3. The summed E-state index contributed by atoms with van der Waals surface area (Å²) in [5.41, 5.74) is -0.276. The Bertz CT molecular complexity index is 1140. The van der Waals surface area contributed by atoms with Crippen LogP contribution in [0.3, 0.4) is 0 Å². The number of nitrogens with one attached hydrogen (secondary N) is 1. The van der Waals surface area contributed by atoms with E-state index in [1.165, 1.54) is 28.6 Å². The number of hydrogen-bond donors (Lipinski definition) is 1. The maximum absolute atomic E-state index is 14.1. The molecule has 1 N–H and O–H groups in total.